The summed E-state index contributed by atoms with van der Waals surface area (Å²) in [5.74, 6) is -0.786. The van der Waals surface area contributed by atoms with Gasteiger partial charge in [-0.1, -0.05) is 18.7 Å². The maximum atomic E-state index is 10.4. The molecule has 1 unspecified atom stereocenters. The molecule has 0 aliphatic carbocycles. The first kappa shape index (κ1) is 10.1. The fourth-order valence-electron chi connectivity index (χ4n) is 0.875. The van der Waals surface area contributed by atoms with Gasteiger partial charge in [0, 0.05) is 5.25 Å². The first-order valence-corrected chi connectivity index (χ1v) is 4.88. The first-order valence-electron chi connectivity index (χ1n) is 4.00. The third-order valence-electron chi connectivity index (χ3n) is 1.53. The molecule has 1 aromatic heterocycles. The molecule has 0 aromatic carbocycles. The fraction of sp³-hybridized carbons (Fsp3) is 0.500. The molecule has 0 saturated heterocycles. The number of hydrogen-bond acceptors (Lipinski definition) is 4. The summed E-state index contributed by atoms with van der Waals surface area (Å²) in [6, 6.07) is 0. The number of hydrogen-bond donors (Lipinski definition) is 1. The number of aliphatic carboxylic acids is 1. The number of nitrogens with zero attached hydrogens (tertiary/aromatic N) is 1. The van der Waals surface area contributed by atoms with Crippen LogP contribution in [0.4, 0.5) is 0 Å². The van der Waals surface area contributed by atoms with Crippen LogP contribution in [0.5, 0.6) is 0 Å². The second kappa shape index (κ2) is 4.91. The van der Waals surface area contributed by atoms with Crippen LogP contribution in [0.1, 0.15) is 19.8 Å². The second-order valence-electron chi connectivity index (χ2n) is 2.54. The van der Waals surface area contributed by atoms with Crippen molar-refractivity contribution >= 4 is 17.7 Å². The maximum absolute atomic E-state index is 10.4. The average Bonchev–Trinajstić information content (AvgIpc) is 2.55. The molecule has 1 heterocycles. The Labute approximate surface area is 80.3 Å². The third-order valence-corrected chi connectivity index (χ3v) is 2.77. The molecular formula is C8H11NO3S. The lowest BCUT2D eigenvalue weighted by molar-refractivity contribution is -0.136. The average molecular weight is 201 g/mol. The summed E-state index contributed by atoms with van der Waals surface area (Å²) in [6.07, 6.45) is 3.97. The number of oxazole rings is 1. The van der Waals surface area contributed by atoms with Gasteiger partial charge in [0.05, 0.1) is 12.6 Å². The highest BCUT2D eigenvalue weighted by molar-refractivity contribution is 7.99. The quantitative estimate of drug-likeness (QED) is 0.738. The van der Waals surface area contributed by atoms with Crippen LogP contribution in [0, 0.1) is 0 Å². The SMILES string of the molecule is CCC(CC(=O)O)Sc1ncco1. The van der Waals surface area contributed by atoms with Crippen molar-refractivity contribution in [2.45, 2.75) is 30.2 Å². The summed E-state index contributed by atoms with van der Waals surface area (Å²) in [5.41, 5.74) is 0. The van der Waals surface area contributed by atoms with Crippen molar-refractivity contribution in [1.82, 2.24) is 4.98 Å². The van der Waals surface area contributed by atoms with E-state index in [-0.39, 0.29) is 11.7 Å². The van der Waals surface area contributed by atoms with Crippen molar-refractivity contribution in [1.29, 1.82) is 0 Å². The number of carboxylic acids is 1. The lowest BCUT2D eigenvalue weighted by atomic mass is 10.2. The molecule has 5 heteroatoms. The molecule has 0 fully saturated rings. The van der Waals surface area contributed by atoms with E-state index in [1.807, 2.05) is 6.92 Å². The summed E-state index contributed by atoms with van der Waals surface area (Å²) in [7, 11) is 0. The van der Waals surface area contributed by atoms with Gasteiger partial charge in [0.1, 0.15) is 6.26 Å². The Kier molecular flexibility index (Phi) is 3.82. The molecule has 0 bridgehead atoms. The van der Waals surface area contributed by atoms with E-state index in [0.717, 1.165) is 6.42 Å². The van der Waals surface area contributed by atoms with Gasteiger partial charge in [0.15, 0.2) is 0 Å². The summed E-state index contributed by atoms with van der Waals surface area (Å²) < 4.78 is 5.01. The number of carboxylic acid groups (broad SMARTS) is 1. The topological polar surface area (TPSA) is 63.3 Å². The van der Waals surface area contributed by atoms with Crippen LogP contribution in [0.25, 0.3) is 0 Å². The smallest absolute Gasteiger partial charge is 0.304 e. The summed E-state index contributed by atoms with van der Waals surface area (Å²) >= 11 is 1.37. The van der Waals surface area contributed by atoms with Crippen LogP contribution < -0.4 is 0 Å². The monoisotopic (exact) mass is 201 g/mol. The van der Waals surface area contributed by atoms with Gasteiger partial charge in [-0.05, 0) is 6.42 Å². The van der Waals surface area contributed by atoms with Gasteiger partial charge in [0.2, 0.25) is 0 Å². The van der Waals surface area contributed by atoms with Crippen molar-refractivity contribution in [2.24, 2.45) is 0 Å². The number of aromatic nitrogens is 1. The highest BCUT2D eigenvalue weighted by Gasteiger charge is 2.14. The zero-order valence-electron chi connectivity index (χ0n) is 7.27. The van der Waals surface area contributed by atoms with Crippen molar-refractivity contribution in [2.75, 3.05) is 0 Å². The molecule has 1 aromatic rings. The predicted molar refractivity (Wildman–Crippen MR) is 48.7 cm³/mol. The minimum atomic E-state index is -0.786. The molecular weight excluding hydrogens is 190 g/mol. The third kappa shape index (κ3) is 3.50. The normalized spacial score (nSPS) is 12.7. The molecule has 4 nitrogen and oxygen atoms in total. The highest BCUT2D eigenvalue weighted by atomic mass is 32.2. The molecule has 0 amide bonds. The molecule has 1 N–H and O–H groups in total. The van der Waals surface area contributed by atoms with Crippen LogP contribution in [0.2, 0.25) is 0 Å². The predicted octanol–water partition coefficient (Wildman–Crippen LogP) is 2.02. The Bertz CT molecular complexity index is 260. The Morgan fingerprint density at radius 3 is 3.08 bits per heavy atom. The molecule has 72 valence electrons. The number of carbonyl (C=O) groups is 1. The molecule has 0 aliphatic heterocycles. The van der Waals surface area contributed by atoms with Gasteiger partial charge >= 0.3 is 5.97 Å². The van der Waals surface area contributed by atoms with Crippen molar-refractivity contribution in [3.8, 4) is 0 Å². The Morgan fingerprint density at radius 1 is 1.85 bits per heavy atom. The van der Waals surface area contributed by atoms with E-state index in [1.54, 1.807) is 6.20 Å². The van der Waals surface area contributed by atoms with E-state index in [2.05, 4.69) is 4.98 Å². The van der Waals surface area contributed by atoms with Gasteiger partial charge in [-0.25, -0.2) is 4.98 Å². The van der Waals surface area contributed by atoms with Crippen molar-refractivity contribution in [3.05, 3.63) is 12.5 Å². The Hall–Kier alpha value is -0.970. The Balaban J connectivity index is 2.45. The summed E-state index contributed by atoms with van der Waals surface area (Å²) in [6.45, 7) is 1.95. The van der Waals surface area contributed by atoms with Crippen LogP contribution in [-0.4, -0.2) is 21.3 Å². The molecule has 0 spiro atoms. The minimum absolute atomic E-state index is 0.0381. The second-order valence-corrected chi connectivity index (χ2v) is 3.80. The van der Waals surface area contributed by atoms with Gasteiger partial charge in [-0.3, -0.25) is 4.79 Å². The first-order chi connectivity index (χ1) is 6.22. The molecule has 0 aliphatic rings. The summed E-state index contributed by atoms with van der Waals surface area (Å²) in [4.78, 5) is 14.3. The lowest BCUT2D eigenvalue weighted by Crippen LogP contribution is -2.08. The number of rotatable bonds is 5. The van der Waals surface area contributed by atoms with E-state index >= 15 is 0 Å². The van der Waals surface area contributed by atoms with Gasteiger partial charge in [-0.15, -0.1) is 0 Å². The van der Waals surface area contributed by atoms with E-state index in [0.29, 0.717) is 5.22 Å². The van der Waals surface area contributed by atoms with Crippen LogP contribution >= 0.6 is 11.8 Å². The van der Waals surface area contributed by atoms with E-state index in [4.69, 9.17) is 9.52 Å². The maximum Gasteiger partial charge on any atom is 0.304 e. The van der Waals surface area contributed by atoms with Crippen molar-refractivity contribution in [3.63, 3.8) is 0 Å². The molecule has 0 saturated carbocycles. The van der Waals surface area contributed by atoms with E-state index in [9.17, 15) is 4.79 Å². The Morgan fingerprint density at radius 2 is 2.62 bits per heavy atom. The fourth-order valence-corrected chi connectivity index (χ4v) is 1.79. The van der Waals surface area contributed by atoms with Crippen LogP contribution in [0.15, 0.2) is 22.1 Å². The van der Waals surface area contributed by atoms with Gasteiger partial charge < -0.3 is 9.52 Å². The van der Waals surface area contributed by atoms with Gasteiger partial charge in [0.25, 0.3) is 5.22 Å². The molecule has 0 radical (unpaired) electrons. The van der Waals surface area contributed by atoms with Crippen LogP contribution in [-0.2, 0) is 4.79 Å². The molecule has 1 rings (SSSR count). The zero-order valence-corrected chi connectivity index (χ0v) is 8.08. The number of thioether (sulfide) groups is 1. The van der Waals surface area contributed by atoms with Crippen LogP contribution in [0.3, 0.4) is 0 Å². The largest absolute Gasteiger partial charge is 0.481 e. The molecule has 1 atom stereocenters. The standard InChI is InChI=1S/C8H11NO3S/c1-2-6(5-7(10)11)13-8-9-3-4-12-8/h3-4,6H,2,5H2,1H3,(H,10,11). The van der Waals surface area contributed by atoms with E-state index < -0.39 is 5.97 Å². The molecule has 13 heavy (non-hydrogen) atoms. The minimum Gasteiger partial charge on any atom is -0.481 e. The zero-order chi connectivity index (χ0) is 9.68. The van der Waals surface area contributed by atoms with Crippen molar-refractivity contribution < 1.29 is 14.3 Å². The highest BCUT2D eigenvalue weighted by Crippen LogP contribution is 2.25. The van der Waals surface area contributed by atoms with Gasteiger partial charge in [-0.2, -0.15) is 0 Å². The van der Waals surface area contributed by atoms with E-state index in [1.165, 1.54) is 18.0 Å². The lowest BCUT2D eigenvalue weighted by Gasteiger charge is -2.07. The summed E-state index contributed by atoms with van der Waals surface area (Å²) in [5, 5.41) is 9.15.